The van der Waals surface area contributed by atoms with E-state index < -0.39 is 0 Å². The molecule has 2 atom stereocenters. The van der Waals surface area contributed by atoms with Gasteiger partial charge in [0.2, 0.25) is 0 Å². The van der Waals surface area contributed by atoms with Crippen molar-refractivity contribution in [1.82, 2.24) is 9.78 Å². The molecule has 0 saturated carbocycles. The Morgan fingerprint density at radius 1 is 1.24 bits per heavy atom. The van der Waals surface area contributed by atoms with Crippen molar-refractivity contribution in [3.8, 4) is 0 Å². The van der Waals surface area contributed by atoms with Crippen molar-refractivity contribution in [2.45, 2.75) is 59.9 Å². The van der Waals surface area contributed by atoms with Gasteiger partial charge in [0.25, 0.3) is 0 Å². The Morgan fingerprint density at radius 2 is 1.88 bits per heavy atom. The van der Waals surface area contributed by atoms with Crippen LogP contribution in [0.15, 0.2) is 0 Å². The minimum atomic E-state index is 0.562. The zero-order valence-corrected chi connectivity index (χ0v) is 12.2. The predicted molar refractivity (Wildman–Crippen MR) is 74.5 cm³/mol. The van der Waals surface area contributed by atoms with E-state index in [0.29, 0.717) is 6.04 Å². The molecule has 0 fully saturated rings. The second kappa shape index (κ2) is 6.08. The van der Waals surface area contributed by atoms with Crippen LogP contribution < -0.4 is 5.32 Å². The Morgan fingerprint density at radius 3 is 2.29 bits per heavy atom. The molecule has 0 aromatic carbocycles. The number of nitrogens with zero attached hydrogens (tertiary/aromatic N) is 2. The fraction of sp³-hybridized carbons (Fsp3) is 0.786. The smallest absolute Gasteiger partial charge is 0.0827 e. The molecular weight excluding hydrogens is 210 g/mol. The van der Waals surface area contributed by atoms with Gasteiger partial charge in [-0.1, -0.05) is 27.2 Å². The zero-order chi connectivity index (χ0) is 13.0. The lowest BCUT2D eigenvalue weighted by molar-refractivity contribution is 0.461. The van der Waals surface area contributed by atoms with Crippen LogP contribution in [0.3, 0.4) is 0 Å². The van der Waals surface area contributed by atoms with Crippen LogP contribution in [0.4, 0.5) is 5.69 Å². The summed E-state index contributed by atoms with van der Waals surface area (Å²) < 4.78 is 1.95. The second-order valence-corrected chi connectivity index (χ2v) is 5.17. The molecule has 0 aliphatic carbocycles. The third-order valence-corrected chi connectivity index (χ3v) is 3.73. The molecule has 0 spiro atoms. The van der Waals surface area contributed by atoms with Crippen molar-refractivity contribution in [3.05, 3.63) is 11.4 Å². The van der Waals surface area contributed by atoms with Gasteiger partial charge in [-0.25, -0.2) is 0 Å². The molecule has 0 aliphatic rings. The lowest BCUT2D eigenvalue weighted by Crippen LogP contribution is -2.22. The van der Waals surface area contributed by atoms with Crippen LogP contribution in [0, 0.1) is 19.8 Å². The van der Waals surface area contributed by atoms with Crippen LogP contribution in [0.5, 0.6) is 0 Å². The fourth-order valence-electron chi connectivity index (χ4n) is 2.17. The summed E-state index contributed by atoms with van der Waals surface area (Å²) >= 11 is 0. The molecule has 3 nitrogen and oxygen atoms in total. The monoisotopic (exact) mass is 237 g/mol. The number of anilines is 1. The van der Waals surface area contributed by atoms with Gasteiger partial charge in [0.1, 0.15) is 0 Å². The van der Waals surface area contributed by atoms with E-state index in [9.17, 15) is 0 Å². The predicted octanol–water partition coefficient (Wildman–Crippen LogP) is 3.66. The summed E-state index contributed by atoms with van der Waals surface area (Å²) in [6.07, 6.45) is 3.65. The van der Waals surface area contributed by atoms with Gasteiger partial charge in [-0.05, 0) is 32.6 Å². The van der Waals surface area contributed by atoms with Gasteiger partial charge < -0.3 is 5.32 Å². The fourth-order valence-corrected chi connectivity index (χ4v) is 2.17. The van der Waals surface area contributed by atoms with Crippen LogP contribution in [-0.2, 0) is 7.05 Å². The summed E-state index contributed by atoms with van der Waals surface area (Å²) in [5, 5.41) is 8.12. The summed E-state index contributed by atoms with van der Waals surface area (Å²) in [6.45, 7) is 11.0. The normalized spacial score (nSPS) is 14.7. The number of aryl methyl sites for hydroxylation is 2. The van der Waals surface area contributed by atoms with E-state index in [-0.39, 0.29) is 0 Å². The van der Waals surface area contributed by atoms with Gasteiger partial charge in [-0.2, -0.15) is 5.10 Å². The van der Waals surface area contributed by atoms with E-state index in [2.05, 4.69) is 45.0 Å². The zero-order valence-electron chi connectivity index (χ0n) is 12.2. The molecule has 1 rings (SSSR count). The maximum Gasteiger partial charge on any atom is 0.0827 e. The highest BCUT2D eigenvalue weighted by Crippen LogP contribution is 2.22. The number of aromatic nitrogens is 2. The van der Waals surface area contributed by atoms with Crippen LogP contribution >= 0.6 is 0 Å². The lowest BCUT2D eigenvalue weighted by atomic mass is 9.97. The second-order valence-electron chi connectivity index (χ2n) is 5.17. The third-order valence-electron chi connectivity index (χ3n) is 3.73. The number of rotatable bonds is 6. The average Bonchev–Trinajstić information content (AvgIpc) is 2.54. The van der Waals surface area contributed by atoms with Crippen LogP contribution in [-0.4, -0.2) is 15.8 Å². The first-order valence-corrected chi connectivity index (χ1v) is 6.76. The van der Waals surface area contributed by atoms with Gasteiger partial charge in [0.15, 0.2) is 0 Å². The summed E-state index contributed by atoms with van der Waals surface area (Å²) in [6, 6.07) is 0.562. The van der Waals surface area contributed by atoms with Crippen LogP contribution in [0.1, 0.15) is 51.4 Å². The lowest BCUT2D eigenvalue weighted by Gasteiger charge is -2.21. The molecule has 0 bridgehead atoms. The topological polar surface area (TPSA) is 29.9 Å². The molecular formula is C14H27N3. The Kier molecular flexibility index (Phi) is 5.03. The standard InChI is InChI=1S/C14H27N3/c1-7-10(3)9-13(8-2)15-14-11(4)16-17(6)12(14)5/h10,13,15H,7-9H2,1-6H3. The van der Waals surface area contributed by atoms with Gasteiger partial charge in [0, 0.05) is 13.1 Å². The molecule has 1 heterocycles. The molecule has 1 aromatic heterocycles. The molecule has 1 aromatic rings. The van der Waals surface area contributed by atoms with Gasteiger partial charge in [0.05, 0.1) is 17.1 Å². The molecule has 98 valence electrons. The minimum absolute atomic E-state index is 0.562. The SMILES string of the molecule is CCC(C)CC(CC)Nc1c(C)nn(C)c1C. The maximum atomic E-state index is 4.45. The summed E-state index contributed by atoms with van der Waals surface area (Å²) in [7, 11) is 2.00. The molecule has 0 amide bonds. The molecule has 17 heavy (non-hydrogen) atoms. The number of hydrogen-bond acceptors (Lipinski definition) is 2. The van der Waals surface area contributed by atoms with Crippen molar-refractivity contribution in [1.29, 1.82) is 0 Å². The van der Waals surface area contributed by atoms with Crippen molar-refractivity contribution >= 4 is 5.69 Å². The highest BCUT2D eigenvalue weighted by Gasteiger charge is 2.15. The quantitative estimate of drug-likeness (QED) is 0.818. The first-order chi connectivity index (χ1) is 7.99. The molecule has 0 saturated heterocycles. The molecule has 2 unspecified atom stereocenters. The molecule has 1 N–H and O–H groups in total. The van der Waals surface area contributed by atoms with Crippen molar-refractivity contribution < 1.29 is 0 Å². The van der Waals surface area contributed by atoms with E-state index in [0.717, 1.165) is 18.0 Å². The first kappa shape index (κ1) is 14.1. The Hall–Kier alpha value is -0.990. The highest BCUT2D eigenvalue weighted by molar-refractivity contribution is 5.52. The van der Waals surface area contributed by atoms with Gasteiger partial charge in [-0.3, -0.25) is 4.68 Å². The van der Waals surface area contributed by atoms with Gasteiger partial charge in [-0.15, -0.1) is 0 Å². The third kappa shape index (κ3) is 3.48. The van der Waals surface area contributed by atoms with E-state index in [1.807, 2.05) is 11.7 Å². The number of hydrogen-bond donors (Lipinski definition) is 1. The van der Waals surface area contributed by atoms with E-state index >= 15 is 0 Å². The molecule has 0 aliphatic heterocycles. The average molecular weight is 237 g/mol. The van der Waals surface area contributed by atoms with Gasteiger partial charge >= 0.3 is 0 Å². The van der Waals surface area contributed by atoms with E-state index in [4.69, 9.17) is 0 Å². The summed E-state index contributed by atoms with van der Waals surface area (Å²) in [4.78, 5) is 0. The van der Waals surface area contributed by atoms with Crippen molar-refractivity contribution in [2.75, 3.05) is 5.32 Å². The molecule has 0 radical (unpaired) electrons. The minimum Gasteiger partial charge on any atom is -0.379 e. The Labute approximate surface area is 106 Å². The maximum absolute atomic E-state index is 4.45. The largest absolute Gasteiger partial charge is 0.379 e. The number of nitrogens with one attached hydrogen (secondary N) is 1. The van der Waals surface area contributed by atoms with E-state index in [1.165, 1.54) is 24.2 Å². The Bertz CT molecular complexity index is 355. The summed E-state index contributed by atoms with van der Waals surface area (Å²) in [5.74, 6) is 0.782. The first-order valence-electron chi connectivity index (χ1n) is 6.76. The van der Waals surface area contributed by atoms with E-state index in [1.54, 1.807) is 0 Å². The summed E-state index contributed by atoms with van der Waals surface area (Å²) in [5.41, 5.74) is 3.56. The van der Waals surface area contributed by atoms with Crippen LogP contribution in [0.25, 0.3) is 0 Å². The molecule has 3 heteroatoms. The van der Waals surface area contributed by atoms with Crippen LogP contribution in [0.2, 0.25) is 0 Å². The highest BCUT2D eigenvalue weighted by atomic mass is 15.3. The van der Waals surface area contributed by atoms with Crippen molar-refractivity contribution in [3.63, 3.8) is 0 Å². The van der Waals surface area contributed by atoms with Crippen molar-refractivity contribution in [2.24, 2.45) is 13.0 Å². The Balaban J connectivity index is 2.73.